The average molecular weight is 234 g/mol. The highest BCUT2D eigenvalue weighted by molar-refractivity contribution is 6.01. The van der Waals surface area contributed by atoms with Crippen LogP contribution in [0.1, 0.15) is 11.1 Å². The lowest BCUT2D eigenvalue weighted by atomic mass is 9.83. The van der Waals surface area contributed by atoms with Gasteiger partial charge < -0.3 is 9.47 Å². The van der Waals surface area contributed by atoms with E-state index in [-0.39, 0.29) is 12.2 Å². The number of hydrogen-bond donors (Lipinski definition) is 0. The maximum absolute atomic E-state index is 11.8. The first-order valence-electron chi connectivity index (χ1n) is 5.42. The Balaban J connectivity index is 2.30. The second-order valence-electron chi connectivity index (χ2n) is 4.06. The Kier molecular flexibility index (Phi) is 3.13. The van der Waals surface area contributed by atoms with Crippen molar-refractivity contribution in [2.24, 2.45) is 5.92 Å². The van der Waals surface area contributed by atoms with Crippen molar-refractivity contribution in [3.63, 3.8) is 0 Å². The number of ketones is 1. The van der Waals surface area contributed by atoms with E-state index in [1.165, 1.54) is 7.11 Å². The van der Waals surface area contributed by atoms with Gasteiger partial charge in [0.25, 0.3) is 0 Å². The molecule has 1 aliphatic rings. The van der Waals surface area contributed by atoms with Gasteiger partial charge in [-0.2, -0.15) is 0 Å². The first-order chi connectivity index (χ1) is 8.15. The molecule has 0 bridgehead atoms. The van der Waals surface area contributed by atoms with Crippen LogP contribution in [0.2, 0.25) is 0 Å². The van der Waals surface area contributed by atoms with Crippen molar-refractivity contribution >= 4 is 11.8 Å². The van der Waals surface area contributed by atoms with E-state index in [1.54, 1.807) is 7.11 Å². The molecule has 1 atom stereocenters. The van der Waals surface area contributed by atoms with Crippen LogP contribution in [-0.2, 0) is 27.2 Å². The minimum absolute atomic E-state index is 0.0856. The van der Waals surface area contributed by atoms with Crippen molar-refractivity contribution in [3.05, 3.63) is 29.3 Å². The lowest BCUT2D eigenvalue weighted by Crippen LogP contribution is -2.32. The summed E-state index contributed by atoms with van der Waals surface area (Å²) in [5, 5.41) is 0. The van der Waals surface area contributed by atoms with Crippen LogP contribution in [0.4, 0.5) is 0 Å². The molecule has 0 spiro atoms. The lowest BCUT2D eigenvalue weighted by molar-refractivity contribution is -0.149. The second kappa shape index (κ2) is 4.57. The zero-order valence-corrected chi connectivity index (χ0v) is 9.86. The van der Waals surface area contributed by atoms with Gasteiger partial charge in [0, 0.05) is 6.42 Å². The fourth-order valence-electron chi connectivity index (χ4n) is 2.09. The van der Waals surface area contributed by atoms with E-state index in [4.69, 9.17) is 4.74 Å². The Labute approximate surface area is 99.5 Å². The van der Waals surface area contributed by atoms with Gasteiger partial charge in [0.05, 0.1) is 14.2 Å². The second-order valence-corrected chi connectivity index (χ2v) is 4.06. The number of ether oxygens (including phenoxy) is 2. The molecule has 1 aliphatic carbocycles. The van der Waals surface area contributed by atoms with E-state index in [2.05, 4.69) is 4.74 Å². The van der Waals surface area contributed by atoms with Gasteiger partial charge in [-0.15, -0.1) is 0 Å². The number of esters is 1. The van der Waals surface area contributed by atoms with Crippen LogP contribution in [0.25, 0.3) is 0 Å². The highest BCUT2D eigenvalue weighted by Gasteiger charge is 2.32. The summed E-state index contributed by atoms with van der Waals surface area (Å²) >= 11 is 0. The standard InChI is InChI=1S/C13H14O4/c1-16-10-4-3-8-6-11(13(15)17-2)12(14)7-9(8)5-10/h3-5,11H,6-7H2,1-2H3. The number of hydrogen-bond acceptors (Lipinski definition) is 4. The molecule has 1 aromatic rings. The molecule has 0 fully saturated rings. The van der Waals surface area contributed by atoms with Crippen molar-refractivity contribution in [1.82, 2.24) is 0 Å². The van der Waals surface area contributed by atoms with Gasteiger partial charge >= 0.3 is 5.97 Å². The van der Waals surface area contributed by atoms with Crippen LogP contribution < -0.4 is 4.74 Å². The topological polar surface area (TPSA) is 52.6 Å². The molecule has 17 heavy (non-hydrogen) atoms. The summed E-state index contributed by atoms with van der Waals surface area (Å²) in [6.07, 6.45) is 0.692. The van der Waals surface area contributed by atoms with E-state index in [0.717, 1.165) is 16.9 Å². The van der Waals surface area contributed by atoms with Crippen molar-refractivity contribution in [2.45, 2.75) is 12.8 Å². The minimum Gasteiger partial charge on any atom is -0.497 e. The zero-order valence-electron chi connectivity index (χ0n) is 9.86. The number of carbonyl (C=O) groups excluding carboxylic acids is 2. The first kappa shape index (κ1) is 11.6. The summed E-state index contributed by atoms with van der Waals surface area (Å²) in [5.74, 6) is -0.456. The molecule has 4 nitrogen and oxygen atoms in total. The van der Waals surface area contributed by atoms with Crippen LogP contribution >= 0.6 is 0 Å². The van der Waals surface area contributed by atoms with Crippen LogP contribution in [-0.4, -0.2) is 26.0 Å². The number of benzene rings is 1. The molecule has 0 aromatic heterocycles. The smallest absolute Gasteiger partial charge is 0.316 e. The molecule has 4 heteroatoms. The molecule has 0 radical (unpaired) electrons. The lowest BCUT2D eigenvalue weighted by Gasteiger charge is -2.22. The Hall–Kier alpha value is -1.84. The third-order valence-electron chi connectivity index (χ3n) is 3.08. The normalized spacial score (nSPS) is 18.5. The first-order valence-corrected chi connectivity index (χ1v) is 5.42. The highest BCUT2D eigenvalue weighted by atomic mass is 16.5. The van der Waals surface area contributed by atoms with E-state index in [0.29, 0.717) is 6.42 Å². The van der Waals surface area contributed by atoms with E-state index >= 15 is 0 Å². The van der Waals surface area contributed by atoms with Gasteiger partial charge in [-0.3, -0.25) is 9.59 Å². The summed E-state index contributed by atoms with van der Waals surface area (Å²) < 4.78 is 9.74. The summed E-state index contributed by atoms with van der Waals surface area (Å²) in [6, 6.07) is 5.58. The summed E-state index contributed by atoms with van der Waals surface area (Å²) in [7, 11) is 2.89. The summed E-state index contributed by atoms with van der Waals surface area (Å²) in [4.78, 5) is 23.3. The van der Waals surface area contributed by atoms with Crippen molar-refractivity contribution in [1.29, 1.82) is 0 Å². The zero-order chi connectivity index (χ0) is 12.4. The predicted molar refractivity (Wildman–Crippen MR) is 60.9 cm³/mol. The third-order valence-corrected chi connectivity index (χ3v) is 3.08. The molecule has 1 aromatic carbocycles. The molecule has 0 heterocycles. The number of rotatable bonds is 2. The maximum atomic E-state index is 11.8. The summed E-state index contributed by atoms with van der Waals surface area (Å²) in [5.41, 5.74) is 1.95. The number of Topliss-reactive ketones (excluding diaryl/α,β-unsaturated/α-hetero) is 1. The van der Waals surface area contributed by atoms with Gasteiger partial charge in [-0.25, -0.2) is 0 Å². The van der Waals surface area contributed by atoms with Crippen LogP contribution in [0.5, 0.6) is 5.75 Å². The van der Waals surface area contributed by atoms with Crippen LogP contribution in [0, 0.1) is 5.92 Å². The third kappa shape index (κ3) is 2.16. The van der Waals surface area contributed by atoms with Crippen LogP contribution in [0.3, 0.4) is 0 Å². The highest BCUT2D eigenvalue weighted by Crippen LogP contribution is 2.27. The SMILES string of the molecule is COC(=O)C1Cc2ccc(OC)cc2CC1=O. The van der Waals surface area contributed by atoms with Gasteiger partial charge in [0.15, 0.2) is 5.78 Å². The predicted octanol–water partition coefficient (Wildman–Crippen LogP) is 1.15. The quantitative estimate of drug-likeness (QED) is 0.569. The Morgan fingerprint density at radius 2 is 2.06 bits per heavy atom. The fourth-order valence-corrected chi connectivity index (χ4v) is 2.09. The molecule has 0 saturated heterocycles. The molecule has 0 N–H and O–H groups in total. The van der Waals surface area contributed by atoms with Crippen LogP contribution in [0.15, 0.2) is 18.2 Å². The molecule has 90 valence electrons. The molecule has 0 saturated carbocycles. The van der Waals surface area contributed by atoms with Gasteiger partial charge in [0.2, 0.25) is 0 Å². The number of methoxy groups -OCH3 is 2. The van der Waals surface area contributed by atoms with Gasteiger partial charge in [0.1, 0.15) is 11.7 Å². The van der Waals surface area contributed by atoms with Crippen molar-refractivity contribution in [2.75, 3.05) is 14.2 Å². The molecule has 2 rings (SSSR count). The van der Waals surface area contributed by atoms with Gasteiger partial charge in [-0.1, -0.05) is 6.07 Å². The van der Waals surface area contributed by atoms with E-state index in [1.807, 2.05) is 18.2 Å². The molecule has 1 unspecified atom stereocenters. The average Bonchev–Trinajstić information content (AvgIpc) is 2.36. The summed E-state index contributed by atoms with van der Waals surface area (Å²) in [6.45, 7) is 0. The number of carbonyl (C=O) groups is 2. The van der Waals surface area contributed by atoms with E-state index in [9.17, 15) is 9.59 Å². The minimum atomic E-state index is -0.652. The van der Waals surface area contributed by atoms with Crippen molar-refractivity contribution < 1.29 is 19.1 Å². The largest absolute Gasteiger partial charge is 0.497 e. The van der Waals surface area contributed by atoms with E-state index < -0.39 is 11.9 Å². The van der Waals surface area contributed by atoms with Crippen molar-refractivity contribution in [3.8, 4) is 5.75 Å². The molecular weight excluding hydrogens is 220 g/mol. The molecular formula is C13H14O4. The molecule has 0 aliphatic heterocycles. The Morgan fingerprint density at radius 3 is 2.71 bits per heavy atom. The number of fused-ring (bicyclic) bond motifs is 1. The molecule has 0 amide bonds. The monoisotopic (exact) mass is 234 g/mol. The Morgan fingerprint density at radius 1 is 1.29 bits per heavy atom. The fraction of sp³-hybridized carbons (Fsp3) is 0.385. The van der Waals surface area contributed by atoms with Gasteiger partial charge in [-0.05, 0) is 29.7 Å². The maximum Gasteiger partial charge on any atom is 0.316 e. The Bertz CT molecular complexity index is 464.